The van der Waals surface area contributed by atoms with E-state index in [4.69, 9.17) is 9.57 Å². The van der Waals surface area contributed by atoms with Crippen molar-refractivity contribution in [3.8, 4) is 11.3 Å². The van der Waals surface area contributed by atoms with Crippen LogP contribution in [0.5, 0.6) is 0 Å². The first-order valence-electron chi connectivity index (χ1n) is 11.5. The summed E-state index contributed by atoms with van der Waals surface area (Å²) in [5.74, 6) is 0. The normalized spacial score (nSPS) is 14.9. The maximum atomic E-state index is 12.3. The van der Waals surface area contributed by atoms with Gasteiger partial charge in [0.2, 0.25) is 0 Å². The average molecular weight is 505 g/mol. The van der Waals surface area contributed by atoms with Crippen LogP contribution in [0.25, 0.3) is 16.9 Å². The number of alkyl halides is 3. The first-order chi connectivity index (χ1) is 17.4. The Morgan fingerprint density at radius 2 is 2.06 bits per heavy atom. The summed E-state index contributed by atoms with van der Waals surface area (Å²) < 4.78 is 44.1. The van der Waals surface area contributed by atoms with Gasteiger partial charge in [-0.05, 0) is 30.7 Å². The Hall–Kier alpha value is -3.64. The van der Waals surface area contributed by atoms with Gasteiger partial charge in [-0.15, -0.1) is 0 Å². The second-order valence-electron chi connectivity index (χ2n) is 8.21. The molecule has 2 amide bonds. The van der Waals surface area contributed by atoms with Gasteiger partial charge in [-0.2, -0.15) is 13.2 Å². The van der Waals surface area contributed by atoms with Crippen LogP contribution in [0.3, 0.4) is 0 Å². The predicted octanol–water partition coefficient (Wildman–Crippen LogP) is 3.76. The van der Waals surface area contributed by atoms with Crippen LogP contribution in [0.2, 0.25) is 0 Å². The van der Waals surface area contributed by atoms with Gasteiger partial charge in [0.05, 0.1) is 31.3 Å². The molecule has 0 atom stereocenters. The van der Waals surface area contributed by atoms with Gasteiger partial charge in [0.15, 0.2) is 0 Å². The second kappa shape index (κ2) is 11.9. The molecule has 2 aromatic heterocycles. The molecule has 4 rings (SSSR count). The van der Waals surface area contributed by atoms with E-state index in [1.54, 1.807) is 35.9 Å². The molecule has 36 heavy (non-hydrogen) atoms. The van der Waals surface area contributed by atoms with E-state index in [2.05, 4.69) is 20.4 Å². The van der Waals surface area contributed by atoms with Gasteiger partial charge in [-0.3, -0.25) is 9.30 Å². The van der Waals surface area contributed by atoms with E-state index >= 15 is 0 Å². The topological polar surface area (TPSA) is 92.5 Å². The van der Waals surface area contributed by atoms with Crippen molar-refractivity contribution in [3.05, 3.63) is 54.4 Å². The summed E-state index contributed by atoms with van der Waals surface area (Å²) in [6, 6.07) is 9.57. The van der Waals surface area contributed by atoms with Crippen molar-refractivity contribution in [2.45, 2.75) is 12.6 Å². The zero-order valence-electron chi connectivity index (χ0n) is 19.5. The minimum Gasteiger partial charge on any atom is -0.396 e. The number of anilines is 1. The minimum atomic E-state index is -4.48. The zero-order valence-corrected chi connectivity index (χ0v) is 19.5. The number of fused-ring (bicyclic) bond motifs is 1. The Balaban J connectivity index is 1.32. The molecule has 9 nitrogen and oxygen atoms in total. The first kappa shape index (κ1) is 25.5. The molecule has 1 aliphatic rings. The molecule has 3 heterocycles. The van der Waals surface area contributed by atoms with Crippen molar-refractivity contribution in [2.24, 2.45) is 5.16 Å². The van der Waals surface area contributed by atoms with Gasteiger partial charge >= 0.3 is 12.2 Å². The lowest BCUT2D eigenvalue weighted by Gasteiger charge is -2.26. The lowest BCUT2D eigenvalue weighted by molar-refractivity contribution is -0.122. The van der Waals surface area contributed by atoms with Crippen LogP contribution in [0, 0.1) is 0 Å². The Kier molecular flexibility index (Phi) is 8.39. The number of hydrogen-bond donors (Lipinski definition) is 2. The van der Waals surface area contributed by atoms with Gasteiger partial charge < -0.3 is 20.2 Å². The number of nitrogens with zero attached hydrogens (tertiary/aromatic N) is 4. The zero-order chi connectivity index (χ0) is 25.4. The number of amides is 2. The molecule has 0 spiro atoms. The fraction of sp³-hybridized carbons (Fsp3) is 0.375. The molecule has 1 aliphatic heterocycles. The number of ether oxygens (including phenoxy) is 1. The van der Waals surface area contributed by atoms with E-state index in [1.807, 2.05) is 28.8 Å². The number of carbonyl (C=O) groups excluding carboxylic acids is 1. The number of halogens is 3. The van der Waals surface area contributed by atoms with E-state index in [9.17, 15) is 18.0 Å². The number of urea groups is 1. The third kappa shape index (κ3) is 7.43. The highest BCUT2D eigenvalue weighted by Crippen LogP contribution is 2.24. The number of benzene rings is 1. The summed E-state index contributed by atoms with van der Waals surface area (Å²) >= 11 is 0. The third-order valence-corrected chi connectivity index (χ3v) is 5.49. The van der Waals surface area contributed by atoms with Crippen LogP contribution >= 0.6 is 0 Å². The predicted molar refractivity (Wildman–Crippen MR) is 129 cm³/mol. The molecular formula is C24H27F3N6O3. The largest absolute Gasteiger partial charge is 0.405 e. The highest BCUT2D eigenvalue weighted by molar-refractivity contribution is 5.90. The average Bonchev–Trinajstić information content (AvgIpc) is 3.29. The van der Waals surface area contributed by atoms with E-state index in [0.717, 1.165) is 56.1 Å². The van der Waals surface area contributed by atoms with Crippen molar-refractivity contribution < 1.29 is 27.5 Å². The van der Waals surface area contributed by atoms with E-state index in [-0.39, 0.29) is 0 Å². The number of nitrogens with one attached hydrogen (secondary N) is 2. The van der Waals surface area contributed by atoms with Gasteiger partial charge in [-0.25, -0.2) is 9.78 Å². The van der Waals surface area contributed by atoms with Crippen molar-refractivity contribution in [3.63, 3.8) is 0 Å². The van der Waals surface area contributed by atoms with Crippen LogP contribution in [0.1, 0.15) is 12.0 Å². The Morgan fingerprint density at radius 1 is 1.22 bits per heavy atom. The maximum Gasteiger partial charge on any atom is 0.405 e. The summed E-state index contributed by atoms with van der Waals surface area (Å²) in [6.07, 6.45) is 1.56. The first-order valence-corrected chi connectivity index (χ1v) is 11.5. The molecule has 1 saturated heterocycles. The number of imidazole rings is 1. The summed E-state index contributed by atoms with van der Waals surface area (Å²) in [4.78, 5) is 23.9. The monoisotopic (exact) mass is 504 g/mol. The van der Waals surface area contributed by atoms with Crippen LogP contribution in [-0.4, -0.2) is 78.7 Å². The summed E-state index contributed by atoms with van der Waals surface area (Å²) in [5, 5.41) is 8.24. The lowest BCUT2D eigenvalue weighted by Crippen LogP contribution is -2.37. The smallest absolute Gasteiger partial charge is 0.396 e. The molecule has 0 saturated carbocycles. The molecule has 12 heteroatoms. The molecule has 1 fully saturated rings. The standard InChI is InChI=1S/C24H27F3N6O3/c25-24(26,27)17-29-23(34)31-20-4-1-3-19(14-20)21-16-28-22-13-18(5-7-33(21)22)15-30-36-10-2-6-32-8-11-35-12-9-32/h1,3-5,7,13-16H,2,6,8-12,17H2,(H2,29,31,34). The van der Waals surface area contributed by atoms with Crippen molar-refractivity contribution in [1.29, 1.82) is 0 Å². The van der Waals surface area contributed by atoms with Gasteiger partial charge in [0.25, 0.3) is 0 Å². The number of rotatable bonds is 9. The van der Waals surface area contributed by atoms with E-state index in [0.29, 0.717) is 17.9 Å². The second-order valence-corrected chi connectivity index (χ2v) is 8.21. The summed E-state index contributed by atoms with van der Waals surface area (Å²) in [6.45, 7) is 3.54. The summed E-state index contributed by atoms with van der Waals surface area (Å²) in [7, 11) is 0. The van der Waals surface area contributed by atoms with Crippen molar-refractivity contribution in [2.75, 3.05) is 51.3 Å². The SMILES string of the molecule is O=C(NCC(F)(F)F)Nc1cccc(-c2cnc3cc(C=NOCCCN4CCOCC4)ccn23)c1. The number of pyridine rings is 1. The van der Waals surface area contributed by atoms with Gasteiger partial charge in [0.1, 0.15) is 18.8 Å². The molecule has 1 aromatic carbocycles. The molecule has 3 aromatic rings. The van der Waals surface area contributed by atoms with Gasteiger partial charge in [-0.1, -0.05) is 17.3 Å². The van der Waals surface area contributed by atoms with Crippen LogP contribution in [0.15, 0.2) is 53.9 Å². The third-order valence-electron chi connectivity index (χ3n) is 5.49. The van der Waals surface area contributed by atoms with Crippen LogP contribution < -0.4 is 10.6 Å². The Morgan fingerprint density at radius 3 is 2.86 bits per heavy atom. The van der Waals surface area contributed by atoms with E-state index < -0.39 is 18.8 Å². The maximum absolute atomic E-state index is 12.3. The minimum absolute atomic E-state index is 0.358. The number of carbonyl (C=O) groups is 1. The number of oxime groups is 1. The van der Waals surface area contributed by atoms with Gasteiger partial charge in [0, 0.05) is 42.6 Å². The van der Waals surface area contributed by atoms with E-state index in [1.165, 1.54) is 0 Å². The molecular weight excluding hydrogens is 477 g/mol. The highest BCUT2D eigenvalue weighted by Gasteiger charge is 2.27. The Labute approximate surface area is 205 Å². The Bertz CT molecular complexity index is 1190. The number of hydrogen-bond acceptors (Lipinski definition) is 6. The quantitative estimate of drug-likeness (QED) is 0.263. The highest BCUT2D eigenvalue weighted by atomic mass is 19.4. The molecule has 0 aliphatic carbocycles. The molecule has 0 radical (unpaired) electrons. The molecule has 2 N–H and O–H groups in total. The lowest BCUT2D eigenvalue weighted by atomic mass is 10.1. The molecule has 0 unspecified atom stereocenters. The molecule has 192 valence electrons. The van der Waals surface area contributed by atoms with Crippen LogP contribution in [0.4, 0.5) is 23.7 Å². The fourth-order valence-electron chi connectivity index (χ4n) is 3.73. The number of aromatic nitrogens is 2. The molecule has 0 bridgehead atoms. The van der Waals surface area contributed by atoms with Crippen molar-refractivity contribution in [1.82, 2.24) is 19.6 Å². The summed E-state index contributed by atoms with van der Waals surface area (Å²) in [5.41, 5.74) is 3.36. The fourth-order valence-corrected chi connectivity index (χ4v) is 3.73. The van der Waals surface area contributed by atoms with Crippen molar-refractivity contribution >= 4 is 23.6 Å². The number of morpholine rings is 1. The van der Waals surface area contributed by atoms with Crippen LogP contribution in [-0.2, 0) is 9.57 Å².